The minimum atomic E-state index is -3.64. The number of carbonyl (C=O) groups is 2. The molecule has 1 aliphatic heterocycles. The Morgan fingerprint density at radius 3 is 2.00 bits per heavy atom. The SMILES string of the molecule is O=C(COc1cccc(F)c1)NCCS(=O)(=O)N1CCN(C(=O)COc2cccc(F)c2)CC1. The molecule has 0 saturated carbocycles. The third-order valence-corrected chi connectivity index (χ3v) is 6.86. The predicted octanol–water partition coefficient (Wildman–Crippen LogP) is 1.01. The van der Waals surface area contributed by atoms with Gasteiger partial charge < -0.3 is 19.7 Å². The van der Waals surface area contributed by atoms with E-state index in [0.717, 1.165) is 6.07 Å². The molecule has 2 amide bonds. The summed E-state index contributed by atoms with van der Waals surface area (Å²) in [5.74, 6) is -1.71. The molecule has 3 rings (SSSR count). The van der Waals surface area contributed by atoms with E-state index in [4.69, 9.17) is 9.47 Å². The number of nitrogens with zero attached hydrogens (tertiary/aromatic N) is 2. The summed E-state index contributed by atoms with van der Waals surface area (Å²) in [6.45, 7) is -0.150. The summed E-state index contributed by atoms with van der Waals surface area (Å²) >= 11 is 0. The molecule has 2 aromatic rings. The summed E-state index contributed by atoms with van der Waals surface area (Å²) in [6, 6.07) is 10.8. The van der Waals surface area contributed by atoms with Gasteiger partial charge in [-0.2, -0.15) is 4.31 Å². The zero-order chi connectivity index (χ0) is 24.6. The molecular formula is C22H25F2N3O6S. The van der Waals surface area contributed by atoms with E-state index in [1.807, 2.05) is 0 Å². The first kappa shape index (κ1) is 25.4. The summed E-state index contributed by atoms with van der Waals surface area (Å²) in [7, 11) is -3.64. The van der Waals surface area contributed by atoms with Crippen LogP contribution in [0, 0.1) is 11.6 Å². The Morgan fingerprint density at radius 1 is 0.882 bits per heavy atom. The molecule has 1 N–H and O–H groups in total. The normalized spacial score (nSPS) is 14.5. The molecule has 0 unspecified atom stereocenters. The van der Waals surface area contributed by atoms with Crippen molar-refractivity contribution in [2.45, 2.75) is 0 Å². The lowest BCUT2D eigenvalue weighted by atomic mass is 10.3. The zero-order valence-corrected chi connectivity index (χ0v) is 19.1. The highest BCUT2D eigenvalue weighted by molar-refractivity contribution is 7.89. The van der Waals surface area contributed by atoms with Crippen LogP contribution >= 0.6 is 0 Å². The van der Waals surface area contributed by atoms with Gasteiger partial charge in [0.05, 0.1) is 5.75 Å². The van der Waals surface area contributed by atoms with Gasteiger partial charge in [0, 0.05) is 44.9 Å². The van der Waals surface area contributed by atoms with Gasteiger partial charge in [-0.05, 0) is 24.3 Å². The van der Waals surface area contributed by atoms with Crippen molar-refractivity contribution < 1.29 is 36.3 Å². The predicted molar refractivity (Wildman–Crippen MR) is 119 cm³/mol. The van der Waals surface area contributed by atoms with Gasteiger partial charge in [-0.15, -0.1) is 0 Å². The van der Waals surface area contributed by atoms with Crippen molar-refractivity contribution in [1.82, 2.24) is 14.5 Å². The number of halogens is 2. The highest BCUT2D eigenvalue weighted by atomic mass is 32.2. The monoisotopic (exact) mass is 497 g/mol. The molecule has 1 aliphatic rings. The lowest BCUT2D eigenvalue weighted by Gasteiger charge is -2.34. The lowest BCUT2D eigenvalue weighted by molar-refractivity contribution is -0.134. The Labute approximate surface area is 196 Å². The Bertz CT molecular complexity index is 1110. The number of sulfonamides is 1. The van der Waals surface area contributed by atoms with Crippen LogP contribution in [0.25, 0.3) is 0 Å². The third kappa shape index (κ3) is 7.66. The number of benzene rings is 2. The molecule has 0 bridgehead atoms. The fourth-order valence-electron chi connectivity index (χ4n) is 3.21. The summed E-state index contributed by atoms with van der Waals surface area (Å²) in [5.41, 5.74) is 0. The fraction of sp³-hybridized carbons (Fsp3) is 0.364. The van der Waals surface area contributed by atoms with Crippen molar-refractivity contribution in [3.63, 3.8) is 0 Å². The quantitative estimate of drug-likeness (QED) is 0.526. The molecule has 0 atom stereocenters. The van der Waals surface area contributed by atoms with Crippen molar-refractivity contribution in [3.05, 3.63) is 60.2 Å². The smallest absolute Gasteiger partial charge is 0.260 e. The van der Waals surface area contributed by atoms with Crippen LogP contribution in [-0.2, 0) is 19.6 Å². The maximum atomic E-state index is 13.2. The zero-order valence-electron chi connectivity index (χ0n) is 18.3. The number of nitrogens with one attached hydrogen (secondary N) is 1. The summed E-state index contributed by atoms with van der Waals surface area (Å²) < 4.78 is 63.1. The molecule has 0 radical (unpaired) electrons. The first-order valence-corrected chi connectivity index (χ1v) is 12.1. The molecule has 184 valence electrons. The minimum Gasteiger partial charge on any atom is -0.484 e. The first-order chi connectivity index (χ1) is 16.2. The lowest BCUT2D eigenvalue weighted by Crippen LogP contribution is -2.52. The van der Waals surface area contributed by atoms with Crippen LogP contribution in [0.4, 0.5) is 8.78 Å². The van der Waals surface area contributed by atoms with Gasteiger partial charge in [-0.25, -0.2) is 17.2 Å². The van der Waals surface area contributed by atoms with E-state index < -0.39 is 27.6 Å². The highest BCUT2D eigenvalue weighted by Crippen LogP contribution is 2.13. The van der Waals surface area contributed by atoms with Gasteiger partial charge >= 0.3 is 0 Å². The maximum Gasteiger partial charge on any atom is 0.260 e. The van der Waals surface area contributed by atoms with E-state index in [2.05, 4.69) is 5.32 Å². The van der Waals surface area contributed by atoms with Crippen LogP contribution in [0.15, 0.2) is 48.5 Å². The van der Waals surface area contributed by atoms with Crippen LogP contribution in [0.2, 0.25) is 0 Å². The number of carbonyl (C=O) groups excluding carboxylic acids is 2. The number of rotatable bonds is 10. The van der Waals surface area contributed by atoms with Gasteiger partial charge in [0.2, 0.25) is 10.0 Å². The summed E-state index contributed by atoms with van der Waals surface area (Å²) in [6.07, 6.45) is 0. The largest absolute Gasteiger partial charge is 0.484 e. The molecule has 12 heteroatoms. The minimum absolute atomic E-state index is 0.116. The Hall–Kier alpha value is -3.25. The van der Waals surface area contributed by atoms with Crippen molar-refractivity contribution >= 4 is 21.8 Å². The summed E-state index contributed by atoms with van der Waals surface area (Å²) in [4.78, 5) is 25.6. The van der Waals surface area contributed by atoms with Crippen molar-refractivity contribution in [3.8, 4) is 11.5 Å². The molecule has 0 spiro atoms. The average Bonchev–Trinajstić information content (AvgIpc) is 2.81. The van der Waals surface area contributed by atoms with Gasteiger partial charge in [-0.3, -0.25) is 9.59 Å². The standard InChI is InChI=1S/C22H25F2N3O6S/c23-17-3-1-5-19(13-17)32-15-21(28)25-7-12-34(30,31)27-10-8-26(9-11-27)22(29)16-33-20-6-2-4-18(24)14-20/h1-6,13-14H,7-12,15-16H2,(H,25,28). The van der Waals surface area contributed by atoms with Crippen molar-refractivity contribution in [2.75, 3.05) is 51.7 Å². The summed E-state index contributed by atoms with van der Waals surface area (Å²) in [5, 5.41) is 2.45. The van der Waals surface area contributed by atoms with Gasteiger partial charge in [0.25, 0.3) is 11.8 Å². The third-order valence-electron chi connectivity index (χ3n) is 4.99. The molecule has 9 nitrogen and oxygen atoms in total. The second-order valence-electron chi connectivity index (χ2n) is 7.44. The topological polar surface area (TPSA) is 105 Å². The number of amides is 2. The van der Waals surface area contributed by atoms with E-state index in [1.54, 1.807) is 0 Å². The van der Waals surface area contributed by atoms with E-state index in [0.29, 0.717) is 0 Å². The molecule has 1 heterocycles. The molecular weight excluding hydrogens is 472 g/mol. The molecule has 1 fully saturated rings. The number of piperazine rings is 1. The van der Waals surface area contributed by atoms with Crippen LogP contribution in [0.1, 0.15) is 0 Å². The van der Waals surface area contributed by atoms with Crippen LogP contribution in [0.3, 0.4) is 0 Å². The Balaban J connectivity index is 1.35. The second kappa shape index (κ2) is 11.7. The first-order valence-electron chi connectivity index (χ1n) is 10.5. The highest BCUT2D eigenvalue weighted by Gasteiger charge is 2.28. The number of hydrogen-bond donors (Lipinski definition) is 1. The second-order valence-corrected chi connectivity index (χ2v) is 9.53. The van der Waals surface area contributed by atoms with Gasteiger partial charge in [-0.1, -0.05) is 12.1 Å². The molecule has 2 aromatic carbocycles. The molecule has 1 saturated heterocycles. The van der Waals surface area contributed by atoms with E-state index in [-0.39, 0.29) is 69.1 Å². The van der Waals surface area contributed by atoms with E-state index in [9.17, 15) is 26.8 Å². The van der Waals surface area contributed by atoms with Crippen molar-refractivity contribution in [2.24, 2.45) is 0 Å². The Kier molecular flexibility index (Phi) is 8.77. The Morgan fingerprint density at radius 2 is 1.44 bits per heavy atom. The number of hydrogen-bond acceptors (Lipinski definition) is 6. The van der Waals surface area contributed by atoms with Gasteiger partial charge in [0.15, 0.2) is 13.2 Å². The van der Waals surface area contributed by atoms with E-state index >= 15 is 0 Å². The van der Waals surface area contributed by atoms with Crippen LogP contribution < -0.4 is 14.8 Å². The molecule has 34 heavy (non-hydrogen) atoms. The molecule has 0 aromatic heterocycles. The number of ether oxygens (including phenoxy) is 2. The van der Waals surface area contributed by atoms with Crippen LogP contribution in [-0.4, -0.2) is 81.1 Å². The molecule has 0 aliphatic carbocycles. The van der Waals surface area contributed by atoms with Crippen LogP contribution in [0.5, 0.6) is 11.5 Å². The van der Waals surface area contributed by atoms with Crippen molar-refractivity contribution in [1.29, 1.82) is 0 Å². The maximum absolute atomic E-state index is 13.2. The fourth-order valence-corrected chi connectivity index (χ4v) is 4.55. The van der Waals surface area contributed by atoms with E-state index in [1.165, 1.54) is 51.7 Å². The van der Waals surface area contributed by atoms with Gasteiger partial charge in [0.1, 0.15) is 23.1 Å². The average molecular weight is 498 g/mol.